The molecule has 0 radical (unpaired) electrons. The van der Waals surface area contributed by atoms with Gasteiger partial charge >= 0.3 is 0 Å². The first-order valence-corrected chi connectivity index (χ1v) is 10.5. The van der Waals surface area contributed by atoms with Gasteiger partial charge in [0.25, 0.3) is 0 Å². The lowest BCUT2D eigenvalue weighted by molar-refractivity contribution is 0.121. The van der Waals surface area contributed by atoms with Gasteiger partial charge in [0, 0.05) is 10.9 Å². The zero-order valence-electron chi connectivity index (χ0n) is 16.6. The van der Waals surface area contributed by atoms with E-state index in [1.54, 1.807) is 18.2 Å². The number of halogens is 2. The number of ether oxygens (including phenoxy) is 2. The smallest absolute Gasteiger partial charge is 0.201 e. The molecule has 1 aliphatic heterocycles. The van der Waals surface area contributed by atoms with E-state index < -0.39 is 11.6 Å². The summed E-state index contributed by atoms with van der Waals surface area (Å²) in [5, 5.41) is 0.882. The molecule has 0 bridgehead atoms. The second-order valence-electron chi connectivity index (χ2n) is 8.02. The van der Waals surface area contributed by atoms with E-state index in [2.05, 4.69) is 6.92 Å². The van der Waals surface area contributed by atoms with Gasteiger partial charge in [-0.25, -0.2) is 4.39 Å². The van der Waals surface area contributed by atoms with Crippen molar-refractivity contribution in [1.29, 1.82) is 0 Å². The Morgan fingerprint density at radius 1 is 1.04 bits per heavy atom. The highest BCUT2D eigenvalue weighted by Gasteiger charge is 2.32. The highest BCUT2D eigenvalue weighted by Crippen LogP contribution is 2.42. The second-order valence-corrected chi connectivity index (χ2v) is 8.02. The highest BCUT2D eigenvalue weighted by molar-refractivity contribution is 5.95. The molecule has 1 atom stereocenters. The summed E-state index contributed by atoms with van der Waals surface area (Å²) < 4.78 is 41.1. The van der Waals surface area contributed by atoms with E-state index in [1.165, 1.54) is 25.7 Å². The lowest BCUT2D eigenvalue weighted by Gasteiger charge is -2.34. The molecule has 2 aromatic carbocycles. The highest BCUT2D eigenvalue weighted by atomic mass is 19.2. The summed E-state index contributed by atoms with van der Waals surface area (Å²) in [4.78, 5) is 0. The molecular formula is C24H28F2O2. The van der Waals surface area contributed by atoms with E-state index in [-0.39, 0.29) is 17.2 Å². The molecule has 4 rings (SSSR count). The Morgan fingerprint density at radius 2 is 1.82 bits per heavy atom. The molecule has 2 aromatic rings. The average Bonchev–Trinajstić information content (AvgIpc) is 2.73. The van der Waals surface area contributed by atoms with E-state index >= 15 is 0 Å². The van der Waals surface area contributed by atoms with Crippen molar-refractivity contribution in [3.63, 3.8) is 0 Å². The Kier molecular flexibility index (Phi) is 5.56. The standard InChI is InChI=1S/C24H28F2O2/c1-3-5-15-6-8-16(9-7-15)21-13-12-19-18-11-10-17(27-4-2)14-20(18)22(25)23(26)24(19)28-21/h10-16,21H,3-9H2,1-2H3. The van der Waals surface area contributed by atoms with Crippen LogP contribution in [0.25, 0.3) is 16.8 Å². The van der Waals surface area contributed by atoms with Gasteiger partial charge in [0.2, 0.25) is 5.82 Å². The molecule has 1 saturated carbocycles. The van der Waals surface area contributed by atoms with Gasteiger partial charge in [-0.3, -0.25) is 0 Å². The van der Waals surface area contributed by atoms with Crippen LogP contribution in [0.1, 0.15) is 57.9 Å². The molecule has 0 saturated heterocycles. The van der Waals surface area contributed by atoms with Crippen LogP contribution in [-0.4, -0.2) is 12.7 Å². The molecule has 2 nitrogen and oxygen atoms in total. The Labute approximate surface area is 165 Å². The molecule has 150 valence electrons. The molecule has 1 heterocycles. The molecule has 1 unspecified atom stereocenters. The number of rotatable bonds is 5. The van der Waals surface area contributed by atoms with Crippen molar-refractivity contribution in [3.8, 4) is 11.5 Å². The zero-order chi connectivity index (χ0) is 19.7. The largest absolute Gasteiger partial charge is 0.494 e. The van der Waals surface area contributed by atoms with Crippen LogP contribution in [0.15, 0.2) is 24.3 Å². The number of fused-ring (bicyclic) bond motifs is 3. The van der Waals surface area contributed by atoms with Crippen LogP contribution < -0.4 is 9.47 Å². The monoisotopic (exact) mass is 386 g/mol. The first-order chi connectivity index (χ1) is 13.6. The maximum atomic E-state index is 14.9. The lowest BCUT2D eigenvalue weighted by atomic mass is 9.77. The molecule has 1 aliphatic carbocycles. The minimum Gasteiger partial charge on any atom is -0.494 e. The van der Waals surface area contributed by atoms with Crippen molar-refractivity contribution in [1.82, 2.24) is 0 Å². The maximum Gasteiger partial charge on any atom is 0.201 e. The molecule has 0 spiro atoms. The molecule has 0 N–H and O–H groups in total. The maximum absolute atomic E-state index is 14.9. The van der Waals surface area contributed by atoms with Crippen molar-refractivity contribution >= 4 is 16.8 Å². The Hall–Kier alpha value is -2.10. The molecule has 4 heteroatoms. The predicted molar refractivity (Wildman–Crippen MR) is 109 cm³/mol. The molecule has 1 fully saturated rings. The van der Waals surface area contributed by atoms with Crippen molar-refractivity contribution in [2.75, 3.05) is 6.61 Å². The van der Waals surface area contributed by atoms with Gasteiger partial charge in [-0.1, -0.05) is 38.7 Å². The van der Waals surface area contributed by atoms with E-state index in [0.29, 0.717) is 29.2 Å². The van der Waals surface area contributed by atoms with Crippen LogP contribution in [-0.2, 0) is 0 Å². The van der Waals surface area contributed by atoms with Crippen LogP contribution in [0.3, 0.4) is 0 Å². The van der Waals surface area contributed by atoms with E-state index in [0.717, 1.165) is 18.8 Å². The van der Waals surface area contributed by atoms with Crippen molar-refractivity contribution < 1.29 is 18.3 Å². The minimum absolute atomic E-state index is 0.0531. The van der Waals surface area contributed by atoms with Crippen molar-refractivity contribution in [2.45, 2.75) is 58.5 Å². The van der Waals surface area contributed by atoms with Crippen LogP contribution in [0.5, 0.6) is 11.5 Å². The van der Waals surface area contributed by atoms with Gasteiger partial charge in [-0.15, -0.1) is 0 Å². The van der Waals surface area contributed by atoms with Gasteiger partial charge in [-0.05, 0) is 61.3 Å². The topological polar surface area (TPSA) is 18.5 Å². The van der Waals surface area contributed by atoms with Crippen LogP contribution in [0, 0.1) is 23.5 Å². The third kappa shape index (κ3) is 3.49. The van der Waals surface area contributed by atoms with Gasteiger partial charge in [0.1, 0.15) is 11.9 Å². The summed E-state index contributed by atoms with van der Waals surface area (Å²) in [7, 11) is 0. The SMILES string of the molecule is CCCC1CCC(C2C=Cc3c(c(F)c(F)c4cc(OCC)ccc34)O2)CC1. The third-order valence-electron chi connectivity index (χ3n) is 6.22. The Bertz CT molecular complexity index is 882. The first-order valence-electron chi connectivity index (χ1n) is 10.5. The Balaban J connectivity index is 1.62. The zero-order valence-corrected chi connectivity index (χ0v) is 16.6. The minimum atomic E-state index is -0.898. The molecule has 2 aliphatic rings. The van der Waals surface area contributed by atoms with Crippen molar-refractivity contribution in [3.05, 3.63) is 41.5 Å². The van der Waals surface area contributed by atoms with Crippen LogP contribution in [0.2, 0.25) is 0 Å². The summed E-state index contributed by atoms with van der Waals surface area (Å²) in [6.45, 7) is 4.57. The number of benzene rings is 2. The summed E-state index contributed by atoms with van der Waals surface area (Å²) in [6, 6.07) is 5.14. The fourth-order valence-electron chi connectivity index (χ4n) is 4.77. The second kappa shape index (κ2) is 8.10. The van der Waals surface area contributed by atoms with Gasteiger partial charge < -0.3 is 9.47 Å². The third-order valence-corrected chi connectivity index (χ3v) is 6.22. The predicted octanol–water partition coefficient (Wildman–Crippen LogP) is 6.90. The lowest BCUT2D eigenvalue weighted by Crippen LogP contribution is -2.31. The van der Waals surface area contributed by atoms with Crippen molar-refractivity contribution in [2.24, 2.45) is 11.8 Å². The van der Waals surface area contributed by atoms with Crippen LogP contribution in [0.4, 0.5) is 8.78 Å². The molecule has 0 aromatic heterocycles. The normalized spacial score (nSPS) is 24.1. The number of hydrogen-bond acceptors (Lipinski definition) is 2. The summed E-state index contributed by atoms with van der Waals surface area (Å²) in [6.07, 6.45) is 10.9. The van der Waals surface area contributed by atoms with Gasteiger partial charge in [0.05, 0.1) is 6.61 Å². The van der Waals surface area contributed by atoms with E-state index in [4.69, 9.17) is 9.47 Å². The average molecular weight is 386 g/mol. The fourth-order valence-corrected chi connectivity index (χ4v) is 4.77. The Morgan fingerprint density at radius 3 is 2.54 bits per heavy atom. The summed E-state index contributed by atoms with van der Waals surface area (Å²) >= 11 is 0. The quantitative estimate of drug-likeness (QED) is 0.556. The molecule has 0 amide bonds. The van der Waals surface area contributed by atoms with Gasteiger partial charge in [-0.2, -0.15) is 4.39 Å². The molecule has 28 heavy (non-hydrogen) atoms. The van der Waals surface area contributed by atoms with Crippen LogP contribution >= 0.6 is 0 Å². The summed E-state index contributed by atoms with van der Waals surface area (Å²) in [5.74, 6) is 0.00366. The number of hydrogen-bond donors (Lipinski definition) is 0. The first kappa shape index (κ1) is 19.2. The fraction of sp³-hybridized carbons (Fsp3) is 0.500. The van der Waals surface area contributed by atoms with Gasteiger partial charge in [0.15, 0.2) is 11.6 Å². The summed E-state index contributed by atoms with van der Waals surface area (Å²) in [5.41, 5.74) is 0.618. The molecular weight excluding hydrogens is 358 g/mol. The van der Waals surface area contributed by atoms with E-state index in [9.17, 15) is 8.78 Å². The van der Waals surface area contributed by atoms with E-state index in [1.807, 2.05) is 19.1 Å².